The van der Waals surface area contributed by atoms with Crippen molar-refractivity contribution in [2.45, 2.75) is 129 Å². The minimum atomic E-state index is 0.270. The molecule has 30 heavy (non-hydrogen) atoms. The molecule has 0 aromatic carbocycles. The third-order valence-electron chi connectivity index (χ3n) is 6.88. The zero-order chi connectivity index (χ0) is 21.8. The van der Waals surface area contributed by atoms with Crippen molar-refractivity contribution in [3.05, 3.63) is 24.6 Å². The molecule has 3 heteroatoms. The lowest BCUT2D eigenvalue weighted by Gasteiger charge is -2.36. The smallest absolute Gasteiger partial charge is 0.166 e. The first-order valence-electron chi connectivity index (χ1n) is 13.3. The monoisotopic (exact) mass is 421 g/mol. The average molecular weight is 422 g/mol. The lowest BCUT2D eigenvalue weighted by atomic mass is 10.0. The van der Waals surface area contributed by atoms with Crippen molar-refractivity contribution in [2.75, 3.05) is 19.7 Å². The number of aliphatic hydroxyl groups excluding tert-OH is 1. The fraction of sp³-hybridized carbons (Fsp3) is 0.852. The number of hydrogen-bond acceptors (Lipinski definition) is 2. The molecule has 1 aliphatic rings. The van der Waals surface area contributed by atoms with Gasteiger partial charge in [0.1, 0.15) is 12.7 Å². The van der Waals surface area contributed by atoms with Crippen molar-refractivity contribution in [3.8, 4) is 0 Å². The van der Waals surface area contributed by atoms with E-state index in [0.717, 1.165) is 17.6 Å². The SMILES string of the molecule is CCCCCCC/C=C/CCCCCCCCCCCC1NC=C[N+]1(CC)CCO. The summed E-state index contributed by atoms with van der Waals surface area (Å²) in [6.45, 7) is 6.67. The Bertz CT molecular complexity index is 435. The van der Waals surface area contributed by atoms with Gasteiger partial charge in [-0.3, -0.25) is 4.48 Å². The Hall–Kier alpha value is -0.800. The molecule has 176 valence electrons. The lowest BCUT2D eigenvalue weighted by molar-refractivity contribution is -0.900. The molecule has 0 amide bonds. The molecule has 1 aliphatic heterocycles. The van der Waals surface area contributed by atoms with Crippen LogP contribution in [0.15, 0.2) is 24.6 Å². The molecule has 0 bridgehead atoms. The maximum Gasteiger partial charge on any atom is 0.166 e. The molecular weight excluding hydrogens is 368 g/mol. The van der Waals surface area contributed by atoms with Gasteiger partial charge < -0.3 is 10.4 Å². The van der Waals surface area contributed by atoms with E-state index in [1.54, 1.807) is 0 Å². The van der Waals surface area contributed by atoms with Gasteiger partial charge in [-0.2, -0.15) is 0 Å². The van der Waals surface area contributed by atoms with Crippen LogP contribution in [-0.4, -0.2) is 35.5 Å². The molecule has 2 unspecified atom stereocenters. The summed E-state index contributed by atoms with van der Waals surface area (Å²) in [5.74, 6) is 0. The molecule has 3 nitrogen and oxygen atoms in total. The maximum absolute atomic E-state index is 9.39. The molecule has 0 radical (unpaired) electrons. The predicted octanol–water partition coefficient (Wildman–Crippen LogP) is 7.42. The molecule has 1 rings (SSSR count). The van der Waals surface area contributed by atoms with Gasteiger partial charge in [0.2, 0.25) is 0 Å². The predicted molar refractivity (Wildman–Crippen MR) is 132 cm³/mol. The number of nitrogens with zero attached hydrogens (tertiary/aromatic N) is 1. The number of unbranched alkanes of at least 4 members (excludes halogenated alkanes) is 14. The summed E-state index contributed by atoms with van der Waals surface area (Å²) in [5.41, 5.74) is 0. The topological polar surface area (TPSA) is 32.3 Å². The molecule has 0 fully saturated rings. The molecule has 1 heterocycles. The van der Waals surface area contributed by atoms with Crippen LogP contribution in [0.2, 0.25) is 0 Å². The van der Waals surface area contributed by atoms with Gasteiger partial charge in [-0.1, -0.05) is 89.7 Å². The van der Waals surface area contributed by atoms with Gasteiger partial charge in [0.25, 0.3) is 0 Å². The van der Waals surface area contributed by atoms with E-state index >= 15 is 0 Å². The van der Waals surface area contributed by atoms with E-state index in [4.69, 9.17) is 0 Å². The van der Waals surface area contributed by atoms with Crippen molar-refractivity contribution in [2.24, 2.45) is 0 Å². The zero-order valence-electron chi connectivity index (χ0n) is 20.4. The zero-order valence-corrected chi connectivity index (χ0v) is 20.4. The maximum atomic E-state index is 9.39. The second-order valence-electron chi connectivity index (χ2n) is 9.30. The first-order valence-corrected chi connectivity index (χ1v) is 13.3. The summed E-state index contributed by atoms with van der Waals surface area (Å²) in [6, 6.07) is 0. The molecule has 2 atom stereocenters. The Morgan fingerprint density at radius 1 is 0.767 bits per heavy atom. The Morgan fingerprint density at radius 2 is 1.30 bits per heavy atom. The van der Waals surface area contributed by atoms with Gasteiger partial charge >= 0.3 is 0 Å². The van der Waals surface area contributed by atoms with E-state index in [9.17, 15) is 5.11 Å². The summed E-state index contributed by atoms with van der Waals surface area (Å²) in [7, 11) is 0. The fourth-order valence-corrected chi connectivity index (χ4v) is 4.73. The van der Waals surface area contributed by atoms with E-state index < -0.39 is 0 Å². The standard InChI is InChI=1S/C27H53N2O/c1-3-5-6-7-8-9-10-11-12-13-14-15-16-17-18-19-20-21-22-27-28-23-24-29(27,4-2)25-26-30/h10-11,23-24,27-28,30H,3-9,12-22,25-26H2,1-2H3/q+1/b11-10+. The molecule has 0 saturated heterocycles. The van der Waals surface area contributed by atoms with Gasteiger partial charge in [0, 0.05) is 6.42 Å². The molecule has 0 aliphatic carbocycles. The van der Waals surface area contributed by atoms with Crippen LogP contribution < -0.4 is 5.32 Å². The Morgan fingerprint density at radius 3 is 1.83 bits per heavy atom. The van der Waals surface area contributed by atoms with E-state index in [0.29, 0.717) is 6.17 Å². The van der Waals surface area contributed by atoms with Crippen LogP contribution in [0.25, 0.3) is 0 Å². The Balaban J connectivity index is 1.85. The van der Waals surface area contributed by atoms with Crippen LogP contribution >= 0.6 is 0 Å². The molecule has 2 N–H and O–H groups in total. The molecular formula is C27H53N2O+. The van der Waals surface area contributed by atoms with Gasteiger partial charge in [-0.05, 0) is 39.0 Å². The highest BCUT2D eigenvalue weighted by atomic mass is 16.3. The van der Waals surface area contributed by atoms with Gasteiger partial charge in [-0.25, -0.2) is 0 Å². The highest BCUT2D eigenvalue weighted by Gasteiger charge is 2.35. The van der Waals surface area contributed by atoms with Crippen molar-refractivity contribution < 1.29 is 9.59 Å². The largest absolute Gasteiger partial charge is 0.390 e. The van der Waals surface area contributed by atoms with Crippen molar-refractivity contribution in [3.63, 3.8) is 0 Å². The number of nitrogens with one attached hydrogen (secondary N) is 1. The third kappa shape index (κ3) is 12.2. The second-order valence-corrected chi connectivity index (χ2v) is 9.30. The number of quaternary nitrogens is 1. The van der Waals surface area contributed by atoms with Crippen LogP contribution in [0, 0.1) is 0 Å². The van der Waals surface area contributed by atoms with Crippen molar-refractivity contribution in [1.29, 1.82) is 0 Å². The van der Waals surface area contributed by atoms with Crippen molar-refractivity contribution in [1.82, 2.24) is 5.32 Å². The number of aliphatic hydroxyl groups is 1. The summed E-state index contributed by atoms with van der Waals surface area (Å²) in [4.78, 5) is 0. The first kappa shape index (κ1) is 27.2. The Kier molecular flexibility index (Phi) is 17.2. The van der Waals surface area contributed by atoms with Crippen LogP contribution in [0.5, 0.6) is 0 Å². The molecule has 0 aromatic rings. The van der Waals surface area contributed by atoms with E-state index in [1.165, 1.54) is 109 Å². The summed E-state index contributed by atoms with van der Waals surface area (Å²) in [6.07, 6.45) is 32.9. The van der Waals surface area contributed by atoms with Crippen LogP contribution in [-0.2, 0) is 0 Å². The summed E-state index contributed by atoms with van der Waals surface area (Å²) >= 11 is 0. The van der Waals surface area contributed by atoms with E-state index in [1.807, 2.05) is 0 Å². The van der Waals surface area contributed by atoms with Gasteiger partial charge in [0.15, 0.2) is 6.17 Å². The molecule has 0 aromatic heterocycles. The summed E-state index contributed by atoms with van der Waals surface area (Å²) < 4.78 is 0.907. The fourth-order valence-electron chi connectivity index (χ4n) is 4.73. The average Bonchev–Trinajstić information content (AvgIpc) is 3.16. The number of allylic oxidation sites excluding steroid dienone is 2. The van der Waals surface area contributed by atoms with Crippen LogP contribution in [0.1, 0.15) is 123 Å². The number of likely N-dealkylation sites (N-methyl/N-ethyl adjacent to an activating group) is 1. The Labute approximate surface area is 188 Å². The summed E-state index contributed by atoms with van der Waals surface area (Å²) in [5, 5.41) is 12.9. The molecule has 0 spiro atoms. The van der Waals surface area contributed by atoms with E-state index in [-0.39, 0.29) is 6.61 Å². The number of rotatable bonds is 21. The molecule has 0 saturated carbocycles. The third-order valence-corrected chi connectivity index (χ3v) is 6.88. The second kappa shape index (κ2) is 18.9. The minimum absolute atomic E-state index is 0.270. The van der Waals surface area contributed by atoms with Crippen LogP contribution in [0.3, 0.4) is 0 Å². The van der Waals surface area contributed by atoms with Crippen molar-refractivity contribution >= 4 is 0 Å². The van der Waals surface area contributed by atoms with Gasteiger partial charge in [-0.15, -0.1) is 0 Å². The normalized spacial score (nSPS) is 21.0. The highest BCUT2D eigenvalue weighted by Crippen LogP contribution is 2.23. The first-order chi connectivity index (χ1) is 14.8. The number of hydrogen-bond donors (Lipinski definition) is 2. The van der Waals surface area contributed by atoms with E-state index in [2.05, 4.69) is 43.7 Å². The van der Waals surface area contributed by atoms with Gasteiger partial charge in [0.05, 0.1) is 19.4 Å². The minimum Gasteiger partial charge on any atom is -0.390 e. The van der Waals surface area contributed by atoms with Crippen LogP contribution in [0.4, 0.5) is 0 Å². The highest BCUT2D eigenvalue weighted by molar-refractivity contribution is 4.84. The quantitative estimate of drug-likeness (QED) is 0.115. The lowest BCUT2D eigenvalue weighted by Crippen LogP contribution is -2.54.